The van der Waals surface area contributed by atoms with Gasteiger partial charge in [0.25, 0.3) is 0 Å². The number of nitrogens with one attached hydrogen (secondary N) is 1. The summed E-state index contributed by atoms with van der Waals surface area (Å²) in [5, 5.41) is 16.3. The zero-order valence-electron chi connectivity index (χ0n) is 10.9. The maximum atomic E-state index is 4.58. The van der Waals surface area contributed by atoms with Crippen molar-refractivity contribution in [3.05, 3.63) is 18.0 Å². The Hall–Kier alpha value is -1.65. The second-order valence-corrected chi connectivity index (χ2v) is 5.22. The van der Waals surface area contributed by atoms with Crippen LogP contribution in [0, 0.1) is 5.92 Å². The number of hydrogen-bond acceptors (Lipinski definition) is 4. The lowest BCUT2D eigenvalue weighted by molar-refractivity contribution is 0.602. The average molecular weight is 245 g/mol. The molecule has 2 aromatic heterocycles. The van der Waals surface area contributed by atoms with Crippen molar-refractivity contribution in [2.75, 3.05) is 5.32 Å². The lowest BCUT2D eigenvalue weighted by Crippen LogP contribution is -2.17. The summed E-state index contributed by atoms with van der Waals surface area (Å²) in [6, 6.07) is 4.53. The van der Waals surface area contributed by atoms with E-state index in [0.29, 0.717) is 6.04 Å². The van der Waals surface area contributed by atoms with Gasteiger partial charge in [-0.3, -0.25) is 0 Å². The first-order chi connectivity index (χ1) is 8.76. The fraction of sp³-hybridized carbons (Fsp3) is 0.615. The highest BCUT2D eigenvalue weighted by Gasteiger charge is 2.21. The smallest absolute Gasteiger partial charge is 0.178 e. The monoisotopic (exact) mass is 245 g/mol. The van der Waals surface area contributed by atoms with Crippen molar-refractivity contribution in [1.82, 2.24) is 19.8 Å². The molecule has 0 saturated heterocycles. The van der Waals surface area contributed by atoms with Crippen LogP contribution in [0.15, 0.2) is 12.1 Å². The Kier molecular flexibility index (Phi) is 2.89. The second kappa shape index (κ2) is 4.55. The molecule has 1 aliphatic rings. The van der Waals surface area contributed by atoms with Crippen LogP contribution < -0.4 is 5.32 Å². The summed E-state index contributed by atoms with van der Waals surface area (Å²) in [7, 11) is 0. The fourth-order valence-corrected chi connectivity index (χ4v) is 2.68. The number of hydrogen-bond donors (Lipinski definition) is 1. The van der Waals surface area contributed by atoms with Crippen LogP contribution in [0.4, 0.5) is 5.82 Å². The molecule has 1 saturated carbocycles. The van der Waals surface area contributed by atoms with Gasteiger partial charge in [-0.25, -0.2) is 0 Å². The third-order valence-electron chi connectivity index (χ3n) is 3.69. The predicted octanol–water partition coefficient (Wildman–Crippen LogP) is 2.29. The van der Waals surface area contributed by atoms with Gasteiger partial charge >= 0.3 is 0 Å². The molecule has 5 nitrogen and oxygen atoms in total. The molecule has 2 atom stereocenters. The van der Waals surface area contributed by atoms with Crippen molar-refractivity contribution in [3.8, 4) is 0 Å². The van der Waals surface area contributed by atoms with Crippen molar-refractivity contribution >= 4 is 11.5 Å². The Balaban J connectivity index is 1.83. The van der Waals surface area contributed by atoms with Gasteiger partial charge < -0.3 is 5.32 Å². The van der Waals surface area contributed by atoms with E-state index in [2.05, 4.69) is 34.5 Å². The summed E-state index contributed by atoms with van der Waals surface area (Å²) >= 11 is 0. The molecular weight excluding hydrogens is 226 g/mol. The van der Waals surface area contributed by atoms with E-state index >= 15 is 0 Å². The molecule has 1 N–H and O–H groups in total. The highest BCUT2D eigenvalue weighted by molar-refractivity contribution is 5.44. The third kappa shape index (κ3) is 2.05. The van der Waals surface area contributed by atoms with Gasteiger partial charge in [0.15, 0.2) is 11.5 Å². The minimum absolute atomic E-state index is 0.562. The molecule has 1 fully saturated rings. The Morgan fingerprint density at radius 1 is 1.33 bits per heavy atom. The summed E-state index contributed by atoms with van der Waals surface area (Å²) in [6.07, 6.45) is 4.64. The van der Waals surface area contributed by atoms with Crippen molar-refractivity contribution in [3.63, 3.8) is 0 Å². The van der Waals surface area contributed by atoms with E-state index < -0.39 is 0 Å². The minimum atomic E-state index is 0.562. The van der Waals surface area contributed by atoms with Crippen LogP contribution in [0.2, 0.25) is 0 Å². The zero-order chi connectivity index (χ0) is 12.5. The maximum absolute atomic E-state index is 4.58. The molecule has 18 heavy (non-hydrogen) atoms. The normalized spacial score (nSPS) is 23.7. The zero-order valence-corrected chi connectivity index (χ0v) is 10.9. The lowest BCUT2D eigenvalue weighted by Gasteiger charge is -2.12. The van der Waals surface area contributed by atoms with Gasteiger partial charge in [-0.05, 0) is 37.3 Å². The van der Waals surface area contributed by atoms with Gasteiger partial charge in [-0.1, -0.05) is 13.8 Å². The molecular formula is C13H19N5. The molecule has 0 amide bonds. The van der Waals surface area contributed by atoms with Gasteiger partial charge in [0, 0.05) is 12.5 Å². The Bertz CT molecular complexity index is 547. The number of anilines is 1. The Morgan fingerprint density at radius 3 is 2.94 bits per heavy atom. The van der Waals surface area contributed by atoms with Gasteiger partial charge in [-0.2, -0.15) is 4.52 Å². The number of fused-ring (bicyclic) bond motifs is 1. The third-order valence-corrected chi connectivity index (χ3v) is 3.69. The largest absolute Gasteiger partial charge is 0.366 e. The summed E-state index contributed by atoms with van der Waals surface area (Å²) in [5.74, 6) is 2.66. The van der Waals surface area contributed by atoms with Crippen LogP contribution in [0.25, 0.3) is 5.65 Å². The Morgan fingerprint density at radius 2 is 2.22 bits per heavy atom. The molecule has 0 aliphatic heterocycles. The second-order valence-electron chi connectivity index (χ2n) is 5.22. The average Bonchev–Trinajstić information content (AvgIpc) is 2.95. The van der Waals surface area contributed by atoms with E-state index in [4.69, 9.17) is 0 Å². The van der Waals surface area contributed by atoms with E-state index in [1.165, 1.54) is 19.3 Å². The van der Waals surface area contributed by atoms with Crippen molar-refractivity contribution in [2.45, 2.75) is 45.6 Å². The first kappa shape index (κ1) is 11.4. The molecule has 2 aromatic rings. The van der Waals surface area contributed by atoms with Gasteiger partial charge in [0.05, 0.1) is 0 Å². The van der Waals surface area contributed by atoms with Crippen molar-refractivity contribution < 1.29 is 0 Å². The standard InChI is InChI=1S/C13H19N5/c1-3-12-15-16-13-7-6-11(17-18(12)13)14-10-5-4-9(2)8-10/h6-7,9-10H,3-5,8H2,1-2H3,(H,14,17). The summed E-state index contributed by atoms with van der Waals surface area (Å²) < 4.78 is 1.83. The number of aryl methyl sites for hydroxylation is 1. The topological polar surface area (TPSA) is 55.1 Å². The molecule has 96 valence electrons. The SMILES string of the molecule is CCc1nnc2ccc(NC3CCC(C)C3)nn12. The number of rotatable bonds is 3. The van der Waals surface area contributed by atoms with Crippen LogP contribution in [0.1, 0.15) is 38.9 Å². The van der Waals surface area contributed by atoms with Gasteiger partial charge in [0.1, 0.15) is 5.82 Å². The van der Waals surface area contributed by atoms with Crippen LogP contribution in [0.5, 0.6) is 0 Å². The highest BCUT2D eigenvalue weighted by atomic mass is 15.4. The first-order valence-electron chi connectivity index (χ1n) is 6.74. The minimum Gasteiger partial charge on any atom is -0.366 e. The van der Waals surface area contributed by atoms with Crippen LogP contribution >= 0.6 is 0 Å². The summed E-state index contributed by atoms with van der Waals surface area (Å²) in [6.45, 7) is 4.38. The molecule has 0 aromatic carbocycles. The molecule has 2 unspecified atom stereocenters. The van der Waals surface area contributed by atoms with Gasteiger partial charge in [-0.15, -0.1) is 15.3 Å². The molecule has 0 radical (unpaired) electrons. The van der Waals surface area contributed by atoms with Gasteiger partial charge in [0.2, 0.25) is 0 Å². The van der Waals surface area contributed by atoms with E-state index in [0.717, 1.165) is 29.6 Å². The van der Waals surface area contributed by atoms with E-state index in [1.807, 2.05) is 16.6 Å². The molecule has 3 rings (SSSR count). The quantitative estimate of drug-likeness (QED) is 0.901. The van der Waals surface area contributed by atoms with E-state index in [-0.39, 0.29) is 0 Å². The Labute approximate surface area is 107 Å². The van der Waals surface area contributed by atoms with E-state index in [9.17, 15) is 0 Å². The molecule has 0 bridgehead atoms. The van der Waals surface area contributed by atoms with Crippen LogP contribution in [-0.4, -0.2) is 25.9 Å². The molecule has 2 heterocycles. The predicted molar refractivity (Wildman–Crippen MR) is 70.6 cm³/mol. The maximum Gasteiger partial charge on any atom is 0.178 e. The molecule has 0 spiro atoms. The highest BCUT2D eigenvalue weighted by Crippen LogP contribution is 2.26. The van der Waals surface area contributed by atoms with Crippen LogP contribution in [0.3, 0.4) is 0 Å². The summed E-state index contributed by atoms with van der Waals surface area (Å²) in [5.41, 5.74) is 0.817. The van der Waals surface area contributed by atoms with Crippen molar-refractivity contribution in [2.24, 2.45) is 5.92 Å². The molecule has 5 heteroatoms. The number of aromatic nitrogens is 4. The van der Waals surface area contributed by atoms with Crippen LogP contribution in [-0.2, 0) is 6.42 Å². The lowest BCUT2D eigenvalue weighted by atomic mass is 10.1. The van der Waals surface area contributed by atoms with E-state index in [1.54, 1.807) is 0 Å². The fourth-order valence-electron chi connectivity index (χ4n) is 2.68. The van der Waals surface area contributed by atoms with Crippen molar-refractivity contribution in [1.29, 1.82) is 0 Å². The first-order valence-corrected chi connectivity index (χ1v) is 6.74. The summed E-state index contributed by atoms with van der Waals surface area (Å²) in [4.78, 5) is 0. The molecule has 1 aliphatic carbocycles. The number of nitrogens with zero attached hydrogens (tertiary/aromatic N) is 4.